The lowest BCUT2D eigenvalue weighted by atomic mass is 10.1. The lowest BCUT2D eigenvalue weighted by molar-refractivity contribution is -0.141. The van der Waals surface area contributed by atoms with E-state index in [9.17, 15) is 4.79 Å². The molecule has 0 N–H and O–H groups in total. The van der Waals surface area contributed by atoms with Crippen LogP contribution in [0.4, 0.5) is 0 Å². The van der Waals surface area contributed by atoms with E-state index in [0.717, 1.165) is 0 Å². The summed E-state index contributed by atoms with van der Waals surface area (Å²) in [5.74, 6) is 0.282. The van der Waals surface area contributed by atoms with Crippen LogP contribution in [0.3, 0.4) is 0 Å². The summed E-state index contributed by atoms with van der Waals surface area (Å²) in [4.78, 5) is 10.9. The molecule has 0 atom stereocenters. The summed E-state index contributed by atoms with van der Waals surface area (Å²) < 4.78 is 6.40. The molecule has 13 heavy (non-hydrogen) atoms. The second-order valence-electron chi connectivity index (χ2n) is 3.35. The Bertz CT molecular complexity index is 289. The topological polar surface area (TPSA) is 31.2 Å². The molecule has 0 aliphatic heterocycles. The Morgan fingerprint density at radius 3 is 2.77 bits per heavy atom. The predicted octanol–water partition coefficient (Wildman–Crippen LogP) is 1.78. The number of methoxy groups -OCH3 is 1. The van der Waals surface area contributed by atoms with Crippen molar-refractivity contribution in [1.29, 1.82) is 0 Å². The number of ether oxygens (including phenoxy) is 1. The van der Waals surface area contributed by atoms with Gasteiger partial charge >= 0.3 is 5.97 Å². The first-order valence-corrected chi connectivity index (χ1v) is 4.36. The number of nitrogens with zero attached hydrogens (tertiary/aromatic N) is 1. The lowest BCUT2D eigenvalue weighted by Crippen LogP contribution is -2.09. The van der Waals surface area contributed by atoms with Crippen LogP contribution in [-0.2, 0) is 16.1 Å². The van der Waals surface area contributed by atoms with Crippen molar-refractivity contribution in [3.8, 4) is 0 Å². The normalized spacial score (nSPS) is 10.5. The molecular weight excluding hydrogens is 166 g/mol. The Kier molecular flexibility index (Phi) is 3.12. The van der Waals surface area contributed by atoms with Gasteiger partial charge in [0.15, 0.2) is 0 Å². The Morgan fingerprint density at radius 1 is 1.62 bits per heavy atom. The molecule has 1 heterocycles. The predicted molar refractivity (Wildman–Crippen MR) is 50.5 cm³/mol. The van der Waals surface area contributed by atoms with Crippen LogP contribution in [-0.4, -0.2) is 17.6 Å². The minimum Gasteiger partial charge on any atom is -0.468 e. The number of aromatic nitrogens is 1. The minimum atomic E-state index is -0.217. The second-order valence-corrected chi connectivity index (χ2v) is 3.35. The van der Waals surface area contributed by atoms with E-state index in [0.29, 0.717) is 12.5 Å². The van der Waals surface area contributed by atoms with Crippen molar-refractivity contribution < 1.29 is 9.53 Å². The Morgan fingerprint density at radius 2 is 2.31 bits per heavy atom. The molecule has 3 heteroatoms. The van der Waals surface area contributed by atoms with E-state index in [-0.39, 0.29) is 5.97 Å². The van der Waals surface area contributed by atoms with Gasteiger partial charge in [0.25, 0.3) is 0 Å². The SMILES string of the molecule is COC(=O)Cn1ccc(C(C)C)c1. The van der Waals surface area contributed by atoms with E-state index < -0.39 is 0 Å². The molecule has 0 amide bonds. The fourth-order valence-corrected chi connectivity index (χ4v) is 1.11. The van der Waals surface area contributed by atoms with Gasteiger partial charge in [-0.05, 0) is 17.5 Å². The number of carbonyl (C=O) groups is 1. The molecule has 0 spiro atoms. The zero-order valence-electron chi connectivity index (χ0n) is 8.28. The average molecular weight is 181 g/mol. The number of carbonyl (C=O) groups excluding carboxylic acids is 1. The quantitative estimate of drug-likeness (QED) is 0.665. The van der Waals surface area contributed by atoms with Crippen molar-refractivity contribution in [3.63, 3.8) is 0 Å². The summed E-state index contributed by atoms with van der Waals surface area (Å²) in [6.45, 7) is 4.54. The number of esters is 1. The largest absolute Gasteiger partial charge is 0.468 e. The monoisotopic (exact) mass is 181 g/mol. The zero-order valence-corrected chi connectivity index (χ0v) is 8.28. The summed E-state index contributed by atoms with van der Waals surface area (Å²) in [7, 11) is 1.40. The summed E-state index contributed by atoms with van der Waals surface area (Å²) in [5.41, 5.74) is 1.24. The van der Waals surface area contributed by atoms with Crippen molar-refractivity contribution in [2.24, 2.45) is 0 Å². The molecule has 0 saturated carbocycles. The van der Waals surface area contributed by atoms with Crippen molar-refractivity contribution in [2.75, 3.05) is 7.11 Å². The van der Waals surface area contributed by atoms with Gasteiger partial charge in [0.05, 0.1) is 7.11 Å². The van der Waals surface area contributed by atoms with Crippen molar-refractivity contribution >= 4 is 5.97 Å². The molecule has 0 aromatic carbocycles. The molecule has 1 aromatic rings. The van der Waals surface area contributed by atoms with E-state index in [2.05, 4.69) is 18.6 Å². The number of hydrogen-bond donors (Lipinski definition) is 0. The molecule has 0 aliphatic carbocycles. The molecule has 0 fully saturated rings. The van der Waals surface area contributed by atoms with E-state index in [1.54, 1.807) is 0 Å². The van der Waals surface area contributed by atoms with Crippen LogP contribution >= 0.6 is 0 Å². The van der Waals surface area contributed by atoms with Gasteiger partial charge in [-0.25, -0.2) is 0 Å². The molecule has 1 rings (SSSR count). The van der Waals surface area contributed by atoms with Gasteiger partial charge in [-0.1, -0.05) is 13.8 Å². The molecule has 1 aromatic heterocycles. The molecular formula is C10H15NO2. The van der Waals surface area contributed by atoms with Gasteiger partial charge < -0.3 is 9.30 Å². The fourth-order valence-electron chi connectivity index (χ4n) is 1.11. The highest BCUT2D eigenvalue weighted by atomic mass is 16.5. The maximum absolute atomic E-state index is 10.9. The van der Waals surface area contributed by atoms with Gasteiger partial charge in [0, 0.05) is 12.4 Å². The molecule has 3 nitrogen and oxygen atoms in total. The maximum atomic E-state index is 10.9. The van der Waals surface area contributed by atoms with Gasteiger partial charge in [-0.2, -0.15) is 0 Å². The Labute approximate surface area is 78.3 Å². The third-order valence-corrected chi connectivity index (χ3v) is 1.98. The summed E-state index contributed by atoms with van der Waals surface area (Å²) >= 11 is 0. The van der Waals surface area contributed by atoms with Gasteiger partial charge in [-0.3, -0.25) is 4.79 Å². The number of hydrogen-bond acceptors (Lipinski definition) is 2. The highest BCUT2D eigenvalue weighted by Crippen LogP contribution is 2.13. The standard InChI is InChI=1S/C10H15NO2/c1-8(2)9-4-5-11(6-9)7-10(12)13-3/h4-6,8H,7H2,1-3H3. The van der Waals surface area contributed by atoms with E-state index in [1.165, 1.54) is 12.7 Å². The van der Waals surface area contributed by atoms with Crippen LogP contribution in [0.15, 0.2) is 18.5 Å². The first-order chi connectivity index (χ1) is 6.13. The second kappa shape index (κ2) is 4.12. The van der Waals surface area contributed by atoms with E-state index in [1.807, 2.05) is 23.0 Å². The van der Waals surface area contributed by atoms with Gasteiger partial charge in [0.1, 0.15) is 6.54 Å². The Hall–Kier alpha value is -1.25. The average Bonchev–Trinajstić information content (AvgIpc) is 2.52. The van der Waals surface area contributed by atoms with Crippen molar-refractivity contribution in [2.45, 2.75) is 26.3 Å². The highest BCUT2D eigenvalue weighted by molar-refractivity contribution is 5.68. The Balaban J connectivity index is 2.64. The molecule has 72 valence electrons. The van der Waals surface area contributed by atoms with Crippen LogP contribution in [0, 0.1) is 0 Å². The van der Waals surface area contributed by atoms with Crippen molar-refractivity contribution in [1.82, 2.24) is 4.57 Å². The van der Waals surface area contributed by atoms with Gasteiger partial charge in [0.2, 0.25) is 0 Å². The van der Waals surface area contributed by atoms with Crippen LogP contribution in [0.5, 0.6) is 0 Å². The maximum Gasteiger partial charge on any atom is 0.325 e. The zero-order chi connectivity index (χ0) is 9.84. The third-order valence-electron chi connectivity index (χ3n) is 1.98. The molecule has 0 radical (unpaired) electrons. The van der Waals surface area contributed by atoms with Crippen LogP contribution in [0.2, 0.25) is 0 Å². The van der Waals surface area contributed by atoms with Gasteiger partial charge in [-0.15, -0.1) is 0 Å². The molecule has 0 saturated heterocycles. The summed E-state index contributed by atoms with van der Waals surface area (Å²) in [6, 6.07) is 2.02. The molecule has 0 unspecified atom stereocenters. The summed E-state index contributed by atoms with van der Waals surface area (Å²) in [5, 5.41) is 0. The molecule has 0 bridgehead atoms. The third kappa shape index (κ3) is 2.61. The van der Waals surface area contributed by atoms with Crippen molar-refractivity contribution in [3.05, 3.63) is 24.0 Å². The molecule has 0 aliphatic rings. The number of rotatable bonds is 3. The first-order valence-electron chi connectivity index (χ1n) is 4.36. The van der Waals surface area contributed by atoms with Crippen LogP contribution in [0.25, 0.3) is 0 Å². The lowest BCUT2D eigenvalue weighted by Gasteiger charge is -2.01. The van der Waals surface area contributed by atoms with E-state index >= 15 is 0 Å². The highest BCUT2D eigenvalue weighted by Gasteiger charge is 2.04. The smallest absolute Gasteiger partial charge is 0.325 e. The van der Waals surface area contributed by atoms with Crippen LogP contribution < -0.4 is 0 Å². The minimum absolute atomic E-state index is 0.217. The van der Waals surface area contributed by atoms with E-state index in [4.69, 9.17) is 0 Å². The van der Waals surface area contributed by atoms with Crippen LogP contribution in [0.1, 0.15) is 25.3 Å². The first kappa shape index (κ1) is 9.84. The fraction of sp³-hybridized carbons (Fsp3) is 0.500. The summed E-state index contributed by atoms with van der Waals surface area (Å²) in [6.07, 6.45) is 3.87.